The lowest BCUT2D eigenvalue weighted by atomic mass is 10.2. The number of nitriles is 1. The molecule has 0 fully saturated rings. The number of nitrogens with zero attached hydrogens (tertiary/aromatic N) is 3. The molecule has 2 N–H and O–H groups in total. The number of hydrogen-bond acceptors (Lipinski definition) is 7. The van der Waals surface area contributed by atoms with E-state index in [1.54, 1.807) is 48.5 Å². The van der Waals surface area contributed by atoms with Gasteiger partial charge in [-0.05, 0) is 42.5 Å². The number of carbonyl (C=O) groups excluding carboxylic acids is 1. The van der Waals surface area contributed by atoms with E-state index in [0.29, 0.717) is 28.7 Å². The van der Waals surface area contributed by atoms with E-state index < -0.39 is 0 Å². The summed E-state index contributed by atoms with van der Waals surface area (Å²) in [5.74, 6) is 1.43. The molecule has 0 radical (unpaired) electrons. The highest BCUT2D eigenvalue weighted by Gasteiger charge is 2.08. The van der Waals surface area contributed by atoms with Crippen molar-refractivity contribution >= 4 is 23.2 Å². The number of methoxy groups -OCH3 is 1. The number of benzene rings is 2. The van der Waals surface area contributed by atoms with Gasteiger partial charge in [0.05, 0.1) is 18.7 Å². The van der Waals surface area contributed by atoms with Gasteiger partial charge in [0, 0.05) is 5.69 Å². The molecule has 8 nitrogen and oxygen atoms in total. The van der Waals surface area contributed by atoms with E-state index in [4.69, 9.17) is 14.7 Å². The van der Waals surface area contributed by atoms with Gasteiger partial charge in [0.15, 0.2) is 29.7 Å². The van der Waals surface area contributed by atoms with Crippen LogP contribution in [0.15, 0.2) is 60.7 Å². The van der Waals surface area contributed by atoms with E-state index in [9.17, 15) is 4.79 Å². The molecule has 1 amide bonds. The highest BCUT2D eigenvalue weighted by molar-refractivity contribution is 5.91. The van der Waals surface area contributed by atoms with Crippen molar-refractivity contribution in [2.24, 2.45) is 0 Å². The number of carbonyl (C=O) groups is 1. The lowest BCUT2D eigenvalue weighted by Crippen LogP contribution is -2.21. The van der Waals surface area contributed by atoms with E-state index in [1.165, 1.54) is 7.11 Å². The predicted molar refractivity (Wildman–Crippen MR) is 104 cm³/mol. The Kier molecular flexibility index (Phi) is 6.00. The summed E-state index contributed by atoms with van der Waals surface area (Å²) in [6, 6.07) is 19.4. The van der Waals surface area contributed by atoms with Gasteiger partial charge in [0.1, 0.15) is 0 Å². The molecule has 8 heteroatoms. The van der Waals surface area contributed by atoms with E-state index in [1.807, 2.05) is 12.1 Å². The van der Waals surface area contributed by atoms with Crippen LogP contribution in [0.4, 0.5) is 17.3 Å². The van der Waals surface area contributed by atoms with Crippen LogP contribution >= 0.6 is 0 Å². The normalized spacial score (nSPS) is 9.86. The Labute approximate surface area is 161 Å². The van der Waals surface area contributed by atoms with Gasteiger partial charge in [-0.1, -0.05) is 18.2 Å². The van der Waals surface area contributed by atoms with Crippen LogP contribution in [0, 0.1) is 11.3 Å². The van der Waals surface area contributed by atoms with Crippen molar-refractivity contribution in [1.82, 2.24) is 10.2 Å². The minimum absolute atomic E-state index is 0.191. The summed E-state index contributed by atoms with van der Waals surface area (Å²) >= 11 is 0. The molecule has 0 aliphatic rings. The molecule has 0 spiro atoms. The first kappa shape index (κ1) is 18.7. The van der Waals surface area contributed by atoms with Crippen molar-refractivity contribution in [2.45, 2.75) is 0 Å². The van der Waals surface area contributed by atoms with Crippen LogP contribution in [-0.4, -0.2) is 29.8 Å². The van der Waals surface area contributed by atoms with Gasteiger partial charge in [-0.2, -0.15) is 5.26 Å². The maximum Gasteiger partial charge on any atom is 0.263 e. The lowest BCUT2D eigenvalue weighted by molar-refractivity contribution is -0.118. The number of para-hydroxylation sites is 2. The number of aromatic nitrogens is 2. The van der Waals surface area contributed by atoms with E-state index >= 15 is 0 Å². The Morgan fingerprint density at radius 2 is 1.79 bits per heavy atom. The maximum absolute atomic E-state index is 12.0. The Hall–Kier alpha value is -4.12. The third kappa shape index (κ3) is 4.95. The summed E-state index contributed by atoms with van der Waals surface area (Å²) < 4.78 is 10.6. The number of hydrogen-bond donors (Lipinski definition) is 2. The molecule has 0 unspecified atom stereocenters. The molecule has 0 saturated heterocycles. The van der Waals surface area contributed by atoms with Crippen molar-refractivity contribution in [2.75, 3.05) is 24.4 Å². The van der Waals surface area contributed by atoms with Crippen LogP contribution < -0.4 is 20.1 Å². The Morgan fingerprint density at radius 1 is 1.04 bits per heavy atom. The zero-order valence-electron chi connectivity index (χ0n) is 15.0. The number of amides is 1. The summed E-state index contributed by atoms with van der Waals surface area (Å²) in [4.78, 5) is 12.0. The molecule has 1 aromatic heterocycles. The SMILES string of the molecule is COc1ccccc1OCC(=O)Nc1ccc(Nc2cccc(C#N)c2)nn1. The number of rotatable bonds is 7. The van der Waals surface area contributed by atoms with Crippen molar-refractivity contribution in [1.29, 1.82) is 5.26 Å². The third-order valence-electron chi connectivity index (χ3n) is 3.62. The van der Waals surface area contributed by atoms with Gasteiger partial charge >= 0.3 is 0 Å². The van der Waals surface area contributed by atoms with Crippen LogP contribution in [0.3, 0.4) is 0 Å². The average molecular weight is 375 g/mol. The van der Waals surface area contributed by atoms with Crippen molar-refractivity contribution in [3.8, 4) is 17.6 Å². The van der Waals surface area contributed by atoms with Gasteiger partial charge in [-0.3, -0.25) is 4.79 Å². The van der Waals surface area contributed by atoms with E-state index in [0.717, 1.165) is 5.69 Å². The molecule has 3 aromatic rings. The first-order chi connectivity index (χ1) is 13.7. The molecule has 0 aliphatic heterocycles. The van der Waals surface area contributed by atoms with Gasteiger partial charge in [0.2, 0.25) is 0 Å². The van der Waals surface area contributed by atoms with Crippen LogP contribution in [0.25, 0.3) is 0 Å². The zero-order valence-corrected chi connectivity index (χ0v) is 15.0. The zero-order chi connectivity index (χ0) is 19.8. The fourth-order valence-electron chi connectivity index (χ4n) is 2.34. The molecule has 0 bridgehead atoms. The molecule has 3 rings (SSSR count). The standard InChI is InChI=1S/C20H17N5O3/c1-27-16-7-2-3-8-17(16)28-13-20(26)23-19-10-9-18(24-25-19)22-15-6-4-5-14(11-15)12-21/h2-11H,13H2,1H3,(H,22,24)(H,23,25,26). The molecular weight excluding hydrogens is 358 g/mol. The highest BCUT2D eigenvalue weighted by atomic mass is 16.5. The van der Waals surface area contributed by atoms with Gasteiger partial charge in [0.25, 0.3) is 5.91 Å². The lowest BCUT2D eigenvalue weighted by Gasteiger charge is -2.10. The van der Waals surface area contributed by atoms with Gasteiger partial charge in [-0.15, -0.1) is 10.2 Å². The largest absolute Gasteiger partial charge is 0.493 e. The molecule has 0 aliphatic carbocycles. The second-order valence-electron chi connectivity index (χ2n) is 5.61. The van der Waals surface area contributed by atoms with E-state index in [2.05, 4.69) is 26.9 Å². The van der Waals surface area contributed by atoms with Crippen molar-refractivity contribution in [3.05, 3.63) is 66.2 Å². The number of anilines is 3. The van der Waals surface area contributed by atoms with E-state index in [-0.39, 0.29) is 12.5 Å². The summed E-state index contributed by atoms with van der Waals surface area (Å²) in [5, 5.41) is 22.5. The Morgan fingerprint density at radius 3 is 2.50 bits per heavy atom. The second-order valence-corrected chi connectivity index (χ2v) is 5.61. The topological polar surface area (TPSA) is 109 Å². The van der Waals surface area contributed by atoms with Crippen LogP contribution in [-0.2, 0) is 4.79 Å². The van der Waals surface area contributed by atoms with Crippen LogP contribution in [0.1, 0.15) is 5.56 Å². The molecule has 0 atom stereocenters. The molecule has 140 valence electrons. The first-order valence-corrected chi connectivity index (χ1v) is 8.34. The quantitative estimate of drug-likeness (QED) is 0.653. The first-order valence-electron chi connectivity index (χ1n) is 8.34. The maximum atomic E-state index is 12.0. The van der Waals surface area contributed by atoms with Gasteiger partial charge < -0.3 is 20.1 Å². The van der Waals surface area contributed by atoms with Gasteiger partial charge in [-0.25, -0.2) is 0 Å². The highest BCUT2D eigenvalue weighted by Crippen LogP contribution is 2.25. The minimum atomic E-state index is -0.373. The number of ether oxygens (including phenoxy) is 2. The number of nitrogens with one attached hydrogen (secondary N) is 2. The Balaban J connectivity index is 1.55. The minimum Gasteiger partial charge on any atom is -0.493 e. The predicted octanol–water partition coefficient (Wildman–Crippen LogP) is 3.12. The van der Waals surface area contributed by atoms with Crippen molar-refractivity contribution < 1.29 is 14.3 Å². The fraction of sp³-hybridized carbons (Fsp3) is 0.100. The Bertz CT molecular complexity index is 999. The summed E-state index contributed by atoms with van der Waals surface area (Å²) in [7, 11) is 1.53. The van der Waals surface area contributed by atoms with Crippen LogP contribution in [0.2, 0.25) is 0 Å². The third-order valence-corrected chi connectivity index (χ3v) is 3.62. The summed E-state index contributed by atoms with van der Waals surface area (Å²) in [6.45, 7) is -0.191. The van der Waals surface area contributed by atoms with Crippen LogP contribution in [0.5, 0.6) is 11.5 Å². The summed E-state index contributed by atoms with van der Waals surface area (Å²) in [6.07, 6.45) is 0. The second kappa shape index (κ2) is 9.00. The summed E-state index contributed by atoms with van der Waals surface area (Å²) in [5.41, 5.74) is 1.26. The molecule has 1 heterocycles. The molecular formula is C20H17N5O3. The molecule has 28 heavy (non-hydrogen) atoms. The fourth-order valence-corrected chi connectivity index (χ4v) is 2.34. The average Bonchev–Trinajstić information content (AvgIpc) is 2.74. The molecule has 2 aromatic carbocycles. The smallest absolute Gasteiger partial charge is 0.263 e. The molecule has 0 saturated carbocycles. The van der Waals surface area contributed by atoms with Crippen molar-refractivity contribution in [3.63, 3.8) is 0 Å². The monoisotopic (exact) mass is 375 g/mol.